The molecule has 2 fully saturated rings. The van der Waals surface area contributed by atoms with Gasteiger partial charge in [0.1, 0.15) is 11.3 Å². The van der Waals surface area contributed by atoms with Crippen molar-refractivity contribution < 1.29 is 13.9 Å². The van der Waals surface area contributed by atoms with E-state index in [0.717, 1.165) is 34.7 Å². The van der Waals surface area contributed by atoms with Crippen LogP contribution in [-0.4, -0.2) is 51.2 Å². The van der Waals surface area contributed by atoms with Crippen molar-refractivity contribution >= 4 is 28.0 Å². The SMILES string of the molecule is COc1cc(C(=O)N2CCC(C#N)[C@@H](N)C2)cc2nc(-c3cc4ccoc4n3CC3CC3)n(C)c12. The molecule has 0 bridgehead atoms. The van der Waals surface area contributed by atoms with Crippen LogP contribution in [0.25, 0.3) is 33.7 Å². The number of carbonyl (C=O) groups excluding carboxylic acids is 1. The summed E-state index contributed by atoms with van der Waals surface area (Å²) in [5.41, 5.74) is 10.0. The predicted octanol–water partition coefficient (Wildman–Crippen LogP) is 3.52. The first-order valence-corrected chi connectivity index (χ1v) is 12.0. The smallest absolute Gasteiger partial charge is 0.254 e. The van der Waals surface area contributed by atoms with Gasteiger partial charge in [0.05, 0.1) is 36.6 Å². The van der Waals surface area contributed by atoms with Crippen LogP contribution < -0.4 is 10.5 Å². The highest BCUT2D eigenvalue weighted by molar-refractivity contribution is 6.00. The number of nitriles is 1. The van der Waals surface area contributed by atoms with Crippen LogP contribution in [0.5, 0.6) is 5.75 Å². The van der Waals surface area contributed by atoms with Crippen LogP contribution in [0, 0.1) is 23.2 Å². The molecule has 6 rings (SSSR count). The number of rotatable bonds is 5. The van der Waals surface area contributed by atoms with Gasteiger partial charge in [0, 0.05) is 43.7 Å². The zero-order valence-corrected chi connectivity index (χ0v) is 19.9. The zero-order valence-electron chi connectivity index (χ0n) is 19.9. The second kappa shape index (κ2) is 8.17. The maximum Gasteiger partial charge on any atom is 0.254 e. The zero-order chi connectivity index (χ0) is 24.3. The van der Waals surface area contributed by atoms with E-state index in [0.29, 0.717) is 42.3 Å². The summed E-state index contributed by atoms with van der Waals surface area (Å²) in [7, 11) is 3.57. The van der Waals surface area contributed by atoms with E-state index >= 15 is 0 Å². The standard InChI is InChI=1S/C26H28N6O3/c1-30-23-20(29-24(30)21-10-16-6-8-35-26(16)32(21)13-15-3-4-15)9-18(11-22(23)34-2)25(33)31-7-5-17(12-27)19(28)14-31/h6,8-11,15,17,19H,3-5,7,13-14,28H2,1-2H3/t17?,19-/m0/s1. The minimum absolute atomic E-state index is 0.126. The molecular weight excluding hydrogens is 444 g/mol. The van der Waals surface area contributed by atoms with Crippen molar-refractivity contribution in [1.29, 1.82) is 5.26 Å². The van der Waals surface area contributed by atoms with Gasteiger partial charge in [0.2, 0.25) is 5.71 Å². The van der Waals surface area contributed by atoms with Crippen LogP contribution in [0.4, 0.5) is 0 Å². The lowest BCUT2D eigenvalue weighted by Gasteiger charge is -2.33. The first kappa shape index (κ1) is 21.7. The van der Waals surface area contributed by atoms with Gasteiger partial charge in [-0.3, -0.25) is 4.79 Å². The maximum absolute atomic E-state index is 13.4. The highest BCUT2D eigenvalue weighted by atomic mass is 16.5. The number of nitrogens with two attached hydrogens (primary N) is 1. The van der Waals surface area contributed by atoms with E-state index in [1.165, 1.54) is 12.8 Å². The average Bonchev–Trinajstić information content (AvgIpc) is 3.31. The number of aromatic nitrogens is 3. The Morgan fingerprint density at radius 2 is 2.14 bits per heavy atom. The highest BCUT2D eigenvalue weighted by Gasteiger charge is 2.31. The summed E-state index contributed by atoms with van der Waals surface area (Å²) in [6.07, 6.45) is 4.77. The number of fused-ring (bicyclic) bond motifs is 2. The summed E-state index contributed by atoms with van der Waals surface area (Å²) in [5, 5.41) is 10.3. The van der Waals surface area contributed by atoms with E-state index in [2.05, 4.69) is 16.7 Å². The molecule has 0 spiro atoms. The summed E-state index contributed by atoms with van der Waals surface area (Å²) < 4.78 is 15.8. The third kappa shape index (κ3) is 3.56. The molecule has 1 amide bonds. The summed E-state index contributed by atoms with van der Waals surface area (Å²) in [4.78, 5) is 20.0. The predicted molar refractivity (Wildman–Crippen MR) is 131 cm³/mol. The fourth-order valence-corrected chi connectivity index (χ4v) is 5.23. The van der Waals surface area contributed by atoms with Gasteiger partial charge in [-0.2, -0.15) is 5.26 Å². The molecule has 1 saturated carbocycles. The molecule has 180 valence electrons. The van der Waals surface area contributed by atoms with Gasteiger partial charge < -0.3 is 28.9 Å². The molecule has 1 aromatic carbocycles. The van der Waals surface area contributed by atoms with Gasteiger partial charge in [-0.25, -0.2) is 4.98 Å². The molecule has 2 atom stereocenters. The van der Waals surface area contributed by atoms with E-state index in [9.17, 15) is 10.1 Å². The number of aryl methyl sites for hydroxylation is 1. The van der Waals surface area contributed by atoms with E-state index in [-0.39, 0.29) is 17.9 Å². The van der Waals surface area contributed by atoms with Crippen molar-refractivity contribution in [1.82, 2.24) is 19.0 Å². The van der Waals surface area contributed by atoms with Crippen molar-refractivity contribution in [3.63, 3.8) is 0 Å². The van der Waals surface area contributed by atoms with Crippen molar-refractivity contribution in [2.75, 3.05) is 20.2 Å². The lowest BCUT2D eigenvalue weighted by atomic mass is 9.93. The van der Waals surface area contributed by atoms with Crippen molar-refractivity contribution in [3.05, 3.63) is 36.1 Å². The van der Waals surface area contributed by atoms with Crippen LogP contribution in [0.1, 0.15) is 29.6 Å². The molecule has 2 aliphatic rings. The first-order chi connectivity index (χ1) is 17.0. The number of furan rings is 1. The molecule has 1 aliphatic heterocycles. The topological polar surface area (TPSA) is 115 Å². The van der Waals surface area contributed by atoms with Crippen molar-refractivity contribution in [2.45, 2.75) is 31.8 Å². The molecule has 2 N–H and O–H groups in total. The summed E-state index contributed by atoms with van der Waals surface area (Å²) in [6, 6.07) is 9.58. The van der Waals surface area contributed by atoms with Gasteiger partial charge in [0.15, 0.2) is 5.82 Å². The van der Waals surface area contributed by atoms with E-state index in [1.54, 1.807) is 24.3 Å². The third-order valence-corrected chi connectivity index (χ3v) is 7.38. The minimum atomic E-state index is -0.345. The molecule has 9 nitrogen and oxygen atoms in total. The Hall–Kier alpha value is -3.77. The molecule has 1 saturated heterocycles. The number of amides is 1. The Kier molecular flexibility index (Phi) is 5.07. The van der Waals surface area contributed by atoms with E-state index in [4.69, 9.17) is 19.9 Å². The van der Waals surface area contributed by atoms with E-state index in [1.807, 2.05) is 23.7 Å². The summed E-state index contributed by atoms with van der Waals surface area (Å²) in [6.45, 7) is 1.76. The lowest BCUT2D eigenvalue weighted by molar-refractivity contribution is 0.0686. The van der Waals surface area contributed by atoms with Crippen LogP contribution in [0.15, 0.2) is 34.9 Å². The number of nitrogens with zero attached hydrogens (tertiary/aromatic N) is 5. The number of piperidine rings is 1. The number of likely N-dealkylation sites (tertiary alicyclic amines) is 1. The monoisotopic (exact) mass is 472 g/mol. The molecule has 0 radical (unpaired) electrons. The lowest BCUT2D eigenvalue weighted by Crippen LogP contribution is -2.50. The fourth-order valence-electron chi connectivity index (χ4n) is 5.23. The Balaban J connectivity index is 1.42. The molecular formula is C26H28N6O3. The summed E-state index contributed by atoms with van der Waals surface area (Å²) in [5.74, 6) is 1.71. The third-order valence-electron chi connectivity index (χ3n) is 7.38. The van der Waals surface area contributed by atoms with Crippen molar-refractivity contribution in [3.8, 4) is 23.3 Å². The molecule has 3 aromatic heterocycles. The molecule has 1 aliphatic carbocycles. The normalized spacial score (nSPS) is 20.5. The maximum atomic E-state index is 13.4. The number of hydrogen-bond acceptors (Lipinski definition) is 6. The Morgan fingerprint density at radius 1 is 1.31 bits per heavy atom. The van der Waals surface area contributed by atoms with Gasteiger partial charge in [-0.05, 0) is 49.4 Å². The second-order valence-electron chi connectivity index (χ2n) is 9.74. The number of benzene rings is 1. The minimum Gasteiger partial charge on any atom is -0.494 e. The van der Waals surface area contributed by atoms with Crippen LogP contribution in [-0.2, 0) is 13.6 Å². The van der Waals surface area contributed by atoms with Gasteiger partial charge >= 0.3 is 0 Å². The van der Waals surface area contributed by atoms with Crippen LogP contribution >= 0.6 is 0 Å². The summed E-state index contributed by atoms with van der Waals surface area (Å²) >= 11 is 0. The fraction of sp³-hybridized carbons (Fsp3) is 0.423. The number of methoxy groups -OCH3 is 1. The number of imidazole rings is 1. The van der Waals surface area contributed by atoms with Gasteiger partial charge in [0.25, 0.3) is 5.91 Å². The average molecular weight is 473 g/mol. The van der Waals surface area contributed by atoms with Crippen LogP contribution in [0.2, 0.25) is 0 Å². The van der Waals surface area contributed by atoms with Gasteiger partial charge in [-0.15, -0.1) is 0 Å². The Morgan fingerprint density at radius 3 is 2.86 bits per heavy atom. The molecule has 4 heterocycles. The Labute approximate surface area is 202 Å². The van der Waals surface area contributed by atoms with Crippen molar-refractivity contribution in [2.24, 2.45) is 24.6 Å². The molecule has 4 aromatic rings. The first-order valence-electron chi connectivity index (χ1n) is 12.0. The largest absolute Gasteiger partial charge is 0.494 e. The quantitative estimate of drug-likeness (QED) is 0.475. The van der Waals surface area contributed by atoms with E-state index < -0.39 is 0 Å². The van der Waals surface area contributed by atoms with Crippen LogP contribution in [0.3, 0.4) is 0 Å². The number of carbonyl (C=O) groups is 1. The molecule has 1 unspecified atom stereocenters. The molecule has 9 heteroatoms. The number of ether oxygens (including phenoxy) is 1. The molecule has 35 heavy (non-hydrogen) atoms. The Bertz CT molecular complexity index is 1480. The number of hydrogen-bond donors (Lipinski definition) is 1. The highest BCUT2D eigenvalue weighted by Crippen LogP contribution is 2.38. The second-order valence-corrected chi connectivity index (χ2v) is 9.74. The van der Waals surface area contributed by atoms with Gasteiger partial charge in [-0.1, -0.05) is 0 Å².